The van der Waals surface area contributed by atoms with E-state index in [0.717, 1.165) is 23.0 Å². The molecular formula is C13H20N2O. The smallest absolute Gasteiger partial charge is 0.123 e. The molecule has 1 aliphatic carbocycles. The molecule has 0 atom stereocenters. The summed E-state index contributed by atoms with van der Waals surface area (Å²) in [4.78, 5) is 0. The lowest BCUT2D eigenvalue weighted by Crippen LogP contribution is -2.33. The first-order chi connectivity index (χ1) is 7.67. The molecule has 0 amide bonds. The van der Waals surface area contributed by atoms with Crippen molar-refractivity contribution in [2.45, 2.75) is 32.7 Å². The SMILES string of the molecule is CCOc1cc(N)cc(NC2CC(C)C2)c1. The molecule has 0 unspecified atom stereocenters. The molecule has 1 aromatic carbocycles. The summed E-state index contributed by atoms with van der Waals surface area (Å²) in [6.07, 6.45) is 2.50. The van der Waals surface area contributed by atoms with Gasteiger partial charge in [-0.2, -0.15) is 0 Å². The molecule has 3 nitrogen and oxygen atoms in total. The highest BCUT2D eigenvalue weighted by molar-refractivity contribution is 5.59. The zero-order chi connectivity index (χ0) is 11.5. The first-order valence-corrected chi connectivity index (χ1v) is 5.97. The maximum Gasteiger partial charge on any atom is 0.123 e. The van der Waals surface area contributed by atoms with Crippen LogP contribution >= 0.6 is 0 Å². The van der Waals surface area contributed by atoms with Crippen molar-refractivity contribution in [2.75, 3.05) is 17.7 Å². The van der Waals surface area contributed by atoms with Crippen molar-refractivity contribution in [1.82, 2.24) is 0 Å². The highest BCUT2D eigenvalue weighted by Gasteiger charge is 2.24. The maximum atomic E-state index is 5.83. The maximum absolute atomic E-state index is 5.83. The van der Waals surface area contributed by atoms with E-state index < -0.39 is 0 Å². The van der Waals surface area contributed by atoms with Crippen LogP contribution in [0.2, 0.25) is 0 Å². The third-order valence-electron chi connectivity index (χ3n) is 2.98. The van der Waals surface area contributed by atoms with Gasteiger partial charge in [0.1, 0.15) is 5.75 Å². The summed E-state index contributed by atoms with van der Waals surface area (Å²) < 4.78 is 5.46. The van der Waals surface area contributed by atoms with Gasteiger partial charge < -0.3 is 15.8 Å². The summed E-state index contributed by atoms with van der Waals surface area (Å²) in [6.45, 7) is 4.93. The van der Waals surface area contributed by atoms with Gasteiger partial charge in [-0.25, -0.2) is 0 Å². The molecule has 1 saturated carbocycles. The Labute approximate surface area is 97.0 Å². The zero-order valence-corrected chi connectivity index (χ0v) is 9.99. The van der Waals surface area contributed by atoms with Crippen LogP contribution in [0.1, 0.15) is 26.7 Å². The van der Waals surface area contributed by atoms with E-state index in [2.05, 4.69) is 12.2 Å². The lowest BCUT2D eigenvalue weighted by atomic mass is 9.82. The van der Waals surface area contributed by atoms with Gasteiger partial charge in [0.2, 0.25) is 0 Å². The van der Waals surface area contributed by atoms with Gasteiger partial charge in [0.25, 0.3) is 0 Å². The van der Waals surface area contributed by atoms with E-state index in [1.807, 2.05) is 25.1 Å². The number of hydrogen-bond acceptors (Lipinski definition) is 3. The normalized spacial score (nSPS) is 23.6. The van der Waals surface area contributed by atoms with Crippen LogP contribution < -0.4 is 15.8 Å². The predicted molar refractivity (Wildman–Crippen MR) is 67.8 cm³/mol. The summed E-state index contributed by atoms with van der Waals surface area (Å²) in [5.41, 5.74) is 7.65. The Balaban J connectivity index is 2.02. The number of nitrogens with one attached hydrogen (secondary N) is 1. The average Bonchev–Trinajstić information content (AvgIpc) is 2.15. The van der Waals surface area contributed by atoms with Crippen molar-refractivity contribution in [3.05, 3.63) is 18.2 Å². The molecule has 0 bridgehead atoms. The van der Waals surface area contributed by atoms with Crippen molar-refractivity contribution in [3.63, 3.8) is 0 Å². The molecule has 0 radical (unpaired) electrons. The van der Waals surface area contributed by atoms with Gasteiger partial charge >= 0.3 is 0 Å². The number of ether oxygens (including phenoxy) is 1. The van der Waals surface area contributed by atoms with Gasteiger partial charge in [-0.15, -0.1) is 0 Å². The number of nitrogens with two attached hydrogens (primary N) is 1. The number of nitrogen functional groups attached to an aromatic ring is 1. The van der Waals surface area contributed by atoms with E-state index in [-0.39, 0.29) is 0 Å². The molecule has 3 N–H and O–H groups in total. The molecular weight excluding hydrogens is 200 g/mol. The first kappa shape index (κ1) is 11.1. The van der Waals surface area contributed by atoms with Crippen LogP contribution in [0.15, 0.2) is 18.2 Å². The summed E-state index contributed by atoms with van der Waals surface area (Å²) in [7, 11) is 0. The summed E-state index contributed by atoms with van der Waals surface area (Å²) in [6, 6.07) is 6.44. The number of rotatable bonds is 4. The van der Waals surface area contributed by atoms with Crippen LogP contribution in [0.3, 0.4) is 0 Å². The molecule has 16 heavy (non-hydrogen) atoms. The quantitative estimate of drug-likeness (QED) is 0.767. The highest BCUT2D eigenvalue weighted by atomic mass is 16.5. The van der Waals surface area contributed by atoms with Crippen LogP contribution in [0.4, 0.5) is 11.4 Å². The third kappa shape index (κ3) is 2.60. The molecule has 1 fully saturated rings. The Morgan fingerprint density at radius 3 is 2.75 bits per heavy atom. The Morgan fingerprint density at radius 2 is 2.12 bits per heavy atom. The van der Waals surface area contributed by atoms with Crippen molar-refractivity contribution in [3.8, 4) is 5.75 Å². The number of benzene rings is 1. The first-order valence-electron chi connectivity index (χ1n) is 5.97. The zero-order valence-electron chi connectivity index (χ0n) is 9.99. The lowest BCUT2D eigenvalue weighted by molar-refractivity contribution is 0.309. The molecule has 1 aromatic rings. The topological polar surface area (TPSA) is 47.3 Å². The van der Waals surface area contributed by atoms with Crippen LogP contribution in [-0.4, -0.2) is 12.6 Å². The minimum Gasteiger partial charge on any atom is -0.494 e. The van der Waals surface area contributed by atoms with Gasteiger partial charge in [0, 0.05) is 29.5 Å². The van der Waals surface area contributed by atoms with E-state index in [0.29, 0.717) is 12.6 Å². The molecule has 3 heteroatoms. The monoisotopic (exact) mass is 220 g/mol. The second kappa shape index (κ2) is 4.64. The van der Waals surface area contributed by atoms with Crippen LogP contribution in [0.5, 0.6) is 5.75 Å². The summed E-state index contributed by atoms with van der Waals surface area (Å²) >= 11 is 0. The highest BCUT2D eigenvalue weighted by Crippen LogP contribution is 2.31. The number of hydrogen-bond donors (Lipinski definition) is 2. The Hall–Kier alpha value is -1.38. The Bertz CT molecular complexity index is 359. The van der Waals surface area contributed by atoms with Gasteiger partial charge in [0.15, 0.2) is 0 Å². The average molecular weight is 220 g/mol. The van der Waals surface area contributed by atoms with Gasteiger partial charge in [-0.3, -0.25) is 0 Å². The Morgan fingerprint density at radius 1 is 1.38 bits per heavy atom. The van der Waals surface area contributed by atoms with Crippen LogP contribution in [0, 0.1) is 5.92 Å². The van der Waals surface area contributed by atoms with Gasteiger partial charge in [0.05, 0.1) is 6.61 Å². The van der Waals surface area contributed by atoms with Crippen molar-refractivity contribution in [2.24, 2.45) is 5.92 Å². The molecule has 0 heterocycles. The van der Waals surface area contributed by atoms with E-state index in [1.165, 1.54) is 12.8 Å². The number of anilines is 2. The molecule has 0 saturated heterocycles. The molecule has 0 spiro atoms. The fourth-order valence-corrected chi connectivity index (χ4v) is 2.21. The van der Waals surface area contributed by atoms with Gasteiger partial charge in [-0.1, -0.05) is 6.92 Å². The fourth-order valence-electron chi connectivity index (χ4n) is 2.21. The second-order valence-corrected chi connectivity index (χ2v) is 4.64. The van der Waals surface area contributed by atoms with Crippen molar-refractivity contribution < 1.29 is 4.74 Å². The molecule has 2 rings (SSSR count). The van der Waals surface area contributed by atoms with Crippen molar-refractivity contribution in [1.29, 1.82) is 0 Å². The largest absolute Gasteiger partial charge is 0.494 e. The van der Waals surface area contributed by atoms with Crippen LogP contribution in [0.25, 0.3) is 0 Å². The third-order valence-corrected chi connectivity index (χ3v) is 2.98. The minimum atomic E-state index is 0.603. The minimum absolute atomic E-state index is 0.603. The standard InChI is InChI=1S/C13H20N2O/c1-3-16-13-7-10(14)6-12(8-13)15-11-4-9(2)5-11/h6-9,11,15H,3-5,14H2,1-2H3. The molecule has 0 aliphatic heterocycles. The van der Waals surface area contributed by atoms with E-state index in [1.54, 1.807) is 0 Å². The van der Waals surface area contributed by atoms with E-state index in [4.69, 9.17) is 10.5 Å². The van der Waals surface area contributed by atoms with Crippen LogP contribution in [-0.2, 0) is 0 Å². The van der Waals surface area contributed by atoms with E-state index in [9.17, 15) is 0 Å². The predicted octanol–water partition coefficient (Wildman–Crippen LogP) is 2.88. The summed E-state index contributed by atoms with van der Waals surface area (Å²) in [5, 5.41) is 3.49. The summed E-state index contributed by atoms with van der Waals surface area (Å²) in [5.74, 6) is 1.70. The second-order valence-electron chi connectivity index (χ2n) is 4.64. The fraction of sp³-hybridized carbons (Fsp3) is 0.538. The van der Waals surface area contributed by atoms with Gasteiger partial charge in [-0.05, 0) is 31.7 Å². The Kier molecular flexibility index (Phi) is 3.22. The van der Waals surface area contributed by atoms with E-state index >= 15 is 0 Å². The lowest BCUT2D eigenvalue weighted by Gasteiger charge is -2.34. The molecule has 0 aromatic heterocycles. The molecule has 1 aliphatic rings. The van der Waals surface area contributed by atoms with Crippen molar-refractivity contribution >= 4 is 11.4 Å². The molecule has 88 valence electrons.